The average Bonchev–Trinajstić information content (AvgIpc) is 2.46. The molecular weight excluding hydrogens is 252 g/mol. The predicted octanol–water partition coefficient (Wildman–Crippen LogP) is 0.229. The van der Waals surface area contributed by atoms with E-state index >= 15 is 0 Å². The van der Waals surface area contributed by atoms with Gasteiger partial charge in [0.05, 0.1) is 42.9 Å². The van der Waals surface area contributed by atoms with Gasteiger partial charge in [-0.3, -0.25) is 10.1 Å². The lowest BCUT2D eigenvalue weighted by Gasteiger charge is -2.35. The van der Waals surface area contributed by atoms with Crippen LogP contribution in [0.2, 0.25) is 0 Å². The molecule has 2 rings (SSSR count). The SMILES string of the molecule is CNc1cc([N+](=O)[O-])cc(N2CCOCC2CO)n1. The summed E-state index contributed by atoms with van der Waals surface area (Å²) in [6.45, 7) is 1.35. The number of aliphatic hydroxyl groups excluding tert-OH is 1. The molecule has 2 N–H and O–H groups in total. The molecule has 8 nitrogen and oxygen atoms in total. The molecule has 1 aliphatic heterocycles. The van der Waals surface area contributed by atoms with Crippen LogP contribution in [0.5, 0.6) is 0 Å². The minimum atomic E-state index is -0.458. The summed E-state index contributed by atoms with van der Waals surface area (Å²) in [5, 5.41) is 23.0. The van der Waals surface area contributed by atoms with Crippen molar-refractivity contribution in [2.75, 3.05) is 43.6 Å². The minimum absolute atomic E-state index is 0.0301. The lowest BCUT2D eigenvalue weighted by atomic mass is 10.2. The van der Waals surface area contributed by atoms with Gasteiger partial charge in [-0.15, -0.1) is 0 Å². The van der Waals surface area contributed by atoms with Gasteiger partial charge in [0.2, 0.25) is 0 Å². The Morgan fingerprint density at radius 3 is 3.11 bits per heavy atom. The van der Waals surface area contributed by atoms with E-state index in [0.29, 0.717) is 31.4 Å². The molecule has 0 bridgehead atoms. The van der Waals surface area contributed by atoms with Crippen LogP contribution < -0.4 is 10.2 Å². The number of nitrogens with one attached hydrogen (secondary N) is 1. The Morgan fingerprint density at radius 2 is 2.47 bits per heavy atom. The third-order valence-corrected chi connectivity index (χ3v) is 3.00. The van der Waals surface area contributed by atoms with Crippen LogP contribution in [-0.2, 0) is 4.74 Å². The van der Waals surface area contributed by atoms with Crippen molar-refractivity contribution in [2.24, 2.45) is 0 Å². The van der Waals surface area contributed by atoms with Crippen molar-refractivity contribution in [3.63, 3.8) is 0 Å². The number of ether oxygens (including phenoxy) is 1. The van der Waals surface area contributed by atoms with Crippen LogP contribution in [0.4, 0.5) is 17.3 Å². The zero-order valence-electron chi connectivity index (χ0n) is 10.6. The summed E-state index contributed by atoms with van der Waals surface area (Å²) in [4.78, 5) is 16.6. The van der Waals surface area contributed by atoms with Crippen molar-refractivity contribution in [1.29, 1.82) is 0 Å². The number of hydrogen-bond acceptors (Lipinski definition) is 7. The summed E-state index contributed by atoms with van der Waals surface area (Å²) >= 11 is 0. The van der Waals surface area contributed by atoms with Gasteiger partial charge < -0.3 is 20.1 Å². The van der Waals surface area contributed by atoms with Crippen LogP contribution in [0.25, 0.3) is 0 Å². The van der Waals surface area contributed by atoms with Crippen molar-refractivity contribution in [2.45, 2.75) is 6.04 Å². The molecule has 1 unspecified atom stereocenters. The van der Waals surface area contributed by atoms with Crippen LogP contribution in [-0.4, -0.2) is 54.5 Å². The van der Waals surface area contributed by atoms with Crippen molar-refractivity contribution >= 4 is 17.3 Å². The highest BCUT2D eigenvalue weighted by Crippen LogP contribution is 2.25. The molecular formula is C11H16N4O4. The van der Waals surface area contributed by atoms with E-state index in [1.54, 1.807) is 7.05 Å². The summed E-state index contributed by atoms with van der Waals surface area (Å²) in [6, 6.07) is 2.56. The molecule has 0 spiro atoms. The van der Waals surface area contributed by atoms with E-state index < -0.39 is 4.92 Å². The molecule has 0 saturated carbocycles. The van der Waals surface area contributed by atoms with Crippen molar-refractivity contribution in [3.05, 3.63) is 22.2 Å². The van der Waals surface area contributed by atoms with Gasteiger partial charge in [-0.1, -0.05) is 0 Å². The van der Waals surface area contributed by atoms with Gasteiger partial charge in [0.15, 0.2) is 0 Å². The first-order valence-corrected chi connectivity index (χ1v) is 5.95. The van der Waals surface area contributed by atoms with Crippen molar-refractivity contribution in [3.8, 4) is 0 Å². The Balaban J connectivity index is 2.36. The van der Waals surface area contributed by atoms with E-state index in [9.17, 15) is 15.2 Å². The highest BCUT2D eigenvalue weighted by Gasteiger charge is 2.25. The van der Waals surface area contributed by atoms with E-state index in [1.165, 1.54) is 12.1 Å². The molecule has 0 aliphatic carbocycles. The Bertz CT molecular complexity index is 468. The lowest BCUT2D eigenvalue weighted by Crippen LogP contribution is -2.48. The Hall–Kier alpha value is -1.93. The molecule has 1 aromatic rings. The standard InChI is InChI=1S/C11H16N4O4/c1-12-10-4-8(15(17)18)5-11(13-10)14-2-3-19-7-9(14)6-16/h4-5,9,16H,2-3,6-7H2,1H3,(H,12,13). The Labute approximate surface area is 110 Å². The van der Waals surface area contributed by atoms with Crippen LogP contribution in [0, 0.1) is 10.1 Å². The summed E-state index contributed by atoms with van der Waals surface area (Å²) in [5.74, 6) is 0.897. The van der Waals surface area contributed by atoms with Gasteiger partial charge in [0.1, 0.15) is 11.6 Å². The maximum atomic E-state index is 10.9. The second-order valence-corrected chi connectivity index (χ2v) is 4.18. The topological polar surface area (TPSA) is 101 Å². The van der Waals surface area contributed by atoms with E-state index in [-0.39, 0.29) is 18.3 Å². The van der Waals surface area contributed by atoms with Gasteiger partial charge in [-0.2, -0.15) is 0 Å². The van der Waals surface area contributed by atoms with Gasteiger partial charge in [0, 0.05) is 13.6 Å². The second kappa shape index (κ2) is 5.81. The number of morpholine rings is 1. The maximum Gasteiger partial charge on any atom is 0.276 e. The minimum Gasteiger partial charge on any atom is -0.394 e. The van der Waals surface area contributed by atoms with Crippen molar-refractivity contribution in [1.82, 2.24) is 4.98 Å². The number of anilines is 2. The Kier molecular flexibility index (Phi) is 4.13. The number of rotatable bonds is 4. The summed E-state index contributed by atoms with van der Waals surface area (Å²) < 4.78 is 5.28. The number of nitrogens with zero attached hydrogens (tertiary/aromatic N) is 3. The van der Waals surface area contributed by atoms with E-state index in [1.807, 2.05) is 4.90 Å². The zero-order valence-corrected chi connectivity index (χ0v) is 10.6. The normalized spacial score (nSPS) is 19.3. The highest BCUT2D eigenvalue weighted by molar-refractivity contribution is 5.56. The number of aromatic nitrogens is 1. The molecule has 1 saturated heterocycles. The van der Waals surface area contributed by atoms with E-state index in [4.69, 9.17) is 4.74 Å². The number of nitro groups is 1. The third-order valence-electron chi connectivity index (χ3n) is 3.00. The molecule has 1 fully saturated rings. The van der Waals surface area contributed by atoms with Crippen LogP contribution in [0.1, 0.15) is 0 Å². The van der Waals surface area contributed by atoms with E-state index in [0.717, 1.165) is 0 Å². The first-order chi connectivity index (χ1) is 9.15. The van der Waals surface area contributed by atoms with E-state index in [2.05, 4.69) is 10.3 Å². The fourth-order valence-electron chi connectivity index (χ4n) is 1.99. The highest BCUT2D eigenvalue weighted by atomic mass is 16.6. The monoisotopic (exact) mass is 268 g/mol. The molecule has 2 heterocycles. The quantitative estimate of drug-likeness (QED) is 0.595. The van der Waals surface area contributed by atoms with Gasteiger partial charge in [-0.25, -0.2) is 4.98 Å². The summed E-state index contributed by atoms with van der Waals surface area (Å²) in [6.07, 6.45) is 0. The largest absolute Gasteiger partial charge is 0.394 e. The van der Waals surface area contributed by atoms with Crippen LogP contribution >= 0.6 is 0 Å². The number of aliphatic hydroxyl groups is 1. The van der Waals surface area contributed by atoms with Crippen molar-refractivity contribution < 1.29 is 14.8 Å². The number of pyridine rings is 1. The van der Waals surface area contributed by atoms with Crippen LogP contribution in [0.3, 0.4) is 0 Å². The Morgan fingerprint density at radius 1 is 1.68 bits per heavy atom. The first kappa shape index (κ1) is 13.5. The molecule has 1 aliphatic rings. The zero-order chi connectivity index (χ0) is 13.8. The molecule has 1 aromatic heterocycles. The number of hydrogen-bond donors (Lipinski definition) is 2. The molecule has 0 radical (unpaired) electrons. The summed E-state index contributed by atoms with van der Waals surface area (Å²) in [5.41, 5.74) is -0.0301. The molecule has 19 heavy (non-hydrogen) atoms. The molecule has 0 amide bonds. The van der Waals surface area contributed by atoms with Gasteiger partial charge in [0.25, 0.3) is 5.69 Å². The summed E-state index contributed by atoms with van der Waals surface area (Å²) in [7, 11) is 1.65. The lowest BCUT2D eigenvalue weighted by molar-refractivity contribution is -0.384. The fraction of sp³-hybridized carbons (Fsp3) is 0.545. The molecule has 1 atom stereocenters. The molecule has 0 aromatic carbocycles. The third kappa shape index (κ3) is 2.91. The molecule has 104 valence electrons. The first-order valence-electron chi connectivity index (χ1n) is 5.95. The predicted molar refractivity (Wildman–Crippen MR) is 69.5 cm³/mol. The maximum absolute atomic E-state index is 10.9. The fourth-order valence-corrected chi connectivity index (χ4v) is 1.99. The average molecular weight is 268 g/mol. The second-order valence-electron chi connectivity index (χ2n) is 4.18. The smallest absolute Gasteiger partial charge is 0.276 e. The van der Waals surface area contributed by atoms with Crippen LogP contribution in [0.15, 0.2) is 12.1 Å². The molecule has 8 heteroatoms. The van der Waals surface area contributed by atoms with Gasteiger partial charge >= 0.3 is 0 Å². The van der Waals surface area contributed by atoms with Gasteiger partial charge in [-0.05, 0) is 0 Å².